The first-order valence-electron chi connectivity index (χ1n) is 4.74. The van der Waals surface area contributed by atoms with Crippen molar-refractivity contribution >= 4 is 17.4 Å². The van der Waals surface area contributed by atoms with Crippen LogP contribution < -0.4 is 11.1 Å². The van der Waals surface area contributed by atoms with Gasteiger partial charge in [-0.05, 0) is 30.7 Å². The number of carbonyl (C=O) groups is 1. The van der Waals surface area contributed by atoms with Gasteiger partial charge in [0, 0.05) is 17.3 Å². The summed E-state index contributed by atoms with van der Waals surface area (Å²) in [5, 5.41) is 6.18. The Hall–Kier alpha value is -2.30. The summed E-state index contributed by atoms with van der Waals surface area (Å²) in [6.45, 7) is 1.88. The molecule has 5 nitrogen and oxygen atoms in total. The summed E-state index contributed by atoms with van der Waals surface area (Å²) in [7, 11) is 0. The van der Waals surface area contributed by atoms with Gasteiger partial charge in [0.25, 0.3) is 5.91 Å². The van der Waals surface area contributed by atoms with Crippen molar-refractivity contribution in [3.8, 4) is 0 Å². The molecule has 1 amide bonds. The van der Waals surface area contributed by atoms with Gasteiger partial charge < -0.3 is 15.6 Å². The standard InChI is InChI=1S/C11H11N3O2/c1-7-4-8(6-9(12)5-7)11(15)13-10-2-3-16-14-10/h2-6H,12H2,1H3,(H,13,14,15). The number of nitrogens with two attached hydrogens (primary N) is 1. The van der Waals surface area contributed by atoms with E-state index in [0.717, 1.165) is 5.56 Å². The Balaban J connectivity index is 2.21. The van der Waals surface area contributed by atoms with Gasteiger partial charge in [-0.1, -0.05) is 5.16 Å². The van der Waals surface area contributed by atoms with Crippen molar-refractivity contribution in [3.05, 3.63) is 41.7 Å². The first kappa shape index (κ1) is 10.2. The fourth-order valence-electron chi connectivity index (χ4n) is 1.41. The average Bonchev–Trinajstić information content (AvgIpc) is 2.68. The van der Waals surface area contributed by atoms with Gasteiger partial charge >= 0.3 is 0 Å². The molecule has 0 unspecified atom stereocenters. The molecular weight excluding hydrogens is 206 g/mol. The summed E-state index contributed by atoms with van der Waals surface area (Å²) in [5.41, 5.74) is 7.65. The molecular formula is C11H11N3O2. The largest absolute Gasteiger partial charge is 0.399 e. The van der Waals surface area contributed by atoms with Crippen molar-refractivity contribution in [1.82, 2.24) is 5.16 Å². The van der Waals surface area contributed by atoms with Gasteiger partial charge in [-0.2, -0.15) is 0 Å². The van der Waals surface area contributed by atoms with Crippen LogP contribution in [0.5, 0.6) is 0 Å². The maximum absolute atomic E-state index is 11.8. The Kier molecular flexibility index (Phi) is 2.59. The number of nitrogen functional groups attached to an aromatic ring is 1. The molecule has 0 bridgehead atoms. The third-order valence-electron chi connectivity index (χ3n) is 2.04. The van der Waals surface area contributed by atoms with Gasteiger partial charge in [-0.15, -0.1) is 0 Å². The quantitative estimate of drug-likeness (QED) is 0.752. The maximum atomic E-state index is 11.8. The second-order valence-corrected chi connectivity index (χ2v) is 3.47. The molecule has 2 aromatic rings. The maximum Gasteiger partial charge on any atom is 0.256 e. The number of anilines is 2. The molecule has 2 rings (SSSR count). The summed E-state index contributed by atoms with van der Waals surface area (Å²) in [6, 6.07) is 6.73. The fraction of sp³-hybridized carbons (Fsp3) is 0.0909. The first-order chi connectivity index (χ1) is 7.65. The van der Waals surface area contributed by atoms with Crippen molar-refractivity contribution in [2.45, 2.75) is 6.92 Å². The highest BCUT2D eigenvalue weighted by Crippen LogP contribution is 2.13. The molecule has 1 aromatic heterocycles. The number of carbonyl (C=O) groups excluding carboxylic acids is 1. The van der Waals surface area contributed by atoms with Gasteiger partial charge in [0.1, 0.15) is 6.26 Å². The average molecular weight is 217 g/mol. The molecule has 5 heteroatoms. The molecule has 0 radical (unpaired) electrons. The van der Waals surface area contributed by atoms with E-state index in [4.69, 9.17) is 5.73 Å². The van der Waals surface area contributed by atoms with E-state index in [9.17, 15) is 4.79 Å². The van der Waals surface area contributed by atoms with Gasteiger partial charge in [0.2, 0.25) is 0 Å². The van der Waals surface area contributed by atoms with Crippen LogP contribution in [0.4, 0.5) is 11.5 Å². The van der Waals surface area contributed by atoms with Crippen molar-refractivity contribution in [2.24, 2.45) is 0 Å². The van der Waals surface area contributed by atoms with Crippen molar-refractivity contribution in [2.75, 3.05) is 11.1 Å². The van der Waals surface area contributed by atoms with Crippen molar-refractivity contribution < 1.29 is 9.32 Å². The van der Waals surface area contributed by atoms with Crippen LogP contribution in [0.1, 0.15) is 15.9 Å². The highest BCUT2D eigenvalue weighted by molar-refractivity contribution is 6.04. The van der Waals surface area contributed by atoms with Gasteiger partial charge in [-0.25, -0.2) is 0 Å². The van der Waals surface area contributed by atoms with Crippen LogP contribution in [-0.2, 0) is 0 Å². The Bertz CT molecular complexity index is 486. The highest BCUT2D eigenvalue weighted by Gasteiger charge is 2.08. The van der Waals surface area contributed by atoms with Crippen LogP contribution in [0, 0.1) is 6.92 Å². The summed E-state index contributed by atoms with van der Waals surface area (Å²) < 4.78 is 4.61. The monoisotopic (exact) mass is 217 g/mol. The molecule has 0 saturated heterocycles. The fourth-order valence-corrected chi connectivity index (χ4v) is 1.41. The Morgan fingerprint density at radius 2 is 2.25 bits per heavy atom. The summed E-state index contributed by atoms with van der Waals surface area (Å²) >= 11 is 0. The van der Waals surface area contributed by atoms with E-state index >= 15 is 0 Å². The number of amides is 1. The van der Waals surface area contributed by atoms with Crippen LogP contribution in [0.15, 0.2) is 35.1 Å². The zero-order valence-corrected chi connectivity index (χ0v) is 8.73. The molecule has 16 heavy (non-hydrogen) atoms. The predicted molar refractivity (Wildman–Crippen MR) is 60.0 cm³/mol. The van der Waals surface area contributed by atoms with Gasteiger partial charge in [0.05, 0.1) is 0 Å². The molecule has 3 N–H and O–H groups in total. The molecule has 0 atom stereocenters. The molecule has 0 aliphatic heterocycles. The highest BCUT2D eigenvalue weighted by atomic mass is 16.5. The molecule has 1 aromatic carbocycles. The molecule has 0 spiro atoms. The lowest BCUT2D eigenvalue weighted by Gasteiger charge is -2.04. The van der Waals surface area contributed by atoms with Crippen LogP contribution >= 0.6 is 0 Å². The van der Waals surface area contributed by atoms with Crippen LogP contribution in [0.2, 0.25) is 0 Å². The van der Waals surface area contributed by atoms with Crippen molar-refractivity contribution in [1.29, 1.82) is 0 Å². The SMILES string of the molecule is Cc1cc(N)cc(C(=O)Nc2ccon2)c1. The number of hydrogen-bond acceptors (Lipinski definition) is 4. The zero-order valence-electron chi connectivity index (χ0n) is 8.73. The van der Waals surface area contributed by atoms with Crippen molar-refractivity contribution in [3.63, 3.8) is 0 Å². The van der Waals surface area contributed by atoms with E-state index in [1.54, 1.807) is 24.3 Å². The second-order valence-electron chi connectivity index (χ2n) is 3.47. The number of aryl methyl sites for hydroxylation is 1. The van der Waals surface area contributed by atoms with Crippen LogP contribution in [-0.4, -0.2) is 11.1 Å². The van der Waals surface area contributed by atoms with E-state index in [0.29, 0.717) is 17.1 Å². The normalized spacial score (nSPS) is 10.1. The topological polar surface area (TPSA) is 81.2 Å². The minimum Gasteiger partial charge on any atom is -0.399 e. The molecule has 0 saturated carbocycles. The number of rotatable bonds is 2. The Morgan fingerprint density at radius 3 is 2.88 bits per heavy atom. The van der Waals surface area contributed by atoms with Crippen LogP contribution in [0.25, 0.3) is 0 Å². The Labute approximate surface area is 92.2 Å². The van der Waals surface area contributed by atoms with E-state index in [1.165, 1.54) is 6.26 Å². The van der Waals surface area contributed by atoms with E-state index < -0.39 is 0 Å². The molecule has 1 heterocycles. The van der Waals surface area contributed by atoms with E-state index in [-0.39, 0.29) is 5.91 Å². The van der Waals surface area contributed by atoms with Gasteiger partial charge in [0.15, 0.2) is 5.82 Å². The predicted octanol–water partition coefficient (Wildman–Crippen LogP) is 1.82. The molecule has 0 aliphatic rings. The number of benzene rings is 1. The number of hydrogen-bond donors (Lipinski definition) is 2. The number of nitrogens with zero attached hydrogens (tertiary/aromatic N) is 1. The third-order valence-corrected chi connectivity index (χ3v) is 2.04. The van der Waals surface area contributed by atoms with Gasteiger partial charge in [-0.3, -0.25) is 4.79 Å². The lowest BCUT2D eigenvalue weighted by Crippen LogP contribution is -2.12. The van der Waals surface area contributed by atoms with E-state index in [1.807, 2.05) is 6.92 Å². The zero-order chi connectivity index (χ0) is 11.5. The summed E-state index contributed by atoms with van der Waals surface area (Å²) in [6.07, 6.45) is 1.39. The Morgan fingerprint density at radius 1 is 1.44 bits per heavy atom. The molecule has 0 fully saturated rings. The number of nitrogens with one attached hydrogen (secondary N) is 1. The smallest absolute Gasteiger partial charge is 0.256 e. The van der Waals surface area contributed by atoms with Crippen LogP contribution in [0.3, 0.4) is 0 Å². The summed E-state index contributed by atoms with van der Waals surface area (Å²) in [5.74, 6) is 0.120. The summed E-state index contributed by atoms with van der Waals surface area (Å²) in [4.78, 5) is 11.8. The molecule has 0 aliphatic carbocycles. The minimum atomic E-state index is -0.260. The number of aromatic nitrogens is 1. The van der Waals surface area contributed by atoms with E-state index in [2.05, 4.69) is 15.0 Å². The molecule has 82 valence electrons. The lowest BCUT2D eigenvalue weighted by molar-refractivity contribution is 0.102. The first-order valence-corrected chi connectivity index (χ1v) is 4.74. The lowest BCUT2D eigenvalue weighted by atomic mass is 10.1. The second kappa shape index (κ2) is 4.06. The minimum absolute atomic E-state index is 0.260. The third kappa shape index (κ3) is 2.20.